The van der Waals surface area contributed by atoms with Crippen LogP contribution < -0.4 is 0 Å². The fourth-order valence-electron chi connectivity index (χ4n) is 3.30. The number of fused-ring (bicyclic) bond motifs is 1. The van der Waals surface area contributed by atoms with Gasteiger partial charge < -0.3 is 4.90 Å². The van der Waals surface area contributed by atoms with E-state index in [-0.39, 0.29) is 18.4 Å². The molecule has 2 aromatic rings. The highest BCUT2D eigenvalue weighted by Gasteiger charge is 2.31. The topological polar surface area (TPSA) is 20.3 Å². The molecule has 0 aliphatic carbocycles. The zero-order chi connectivity index (χ0) is 16.6. The van der Waals surface area contributed by atoms with Crippen molar-refractivity contribution in [2.45, 2.75) is 39.3 Å². The van der Waals surface area contributed by atoms with Gasteiger partial charge in [0.05, 0.1) is 12.5 Å². The van der Waals surface area contributed by atoms with Crippen LogP contribution in [0.5, 0.6) is 0 Å². The molecule has 1 atom stereocenters. The molecule has 0 aromatic heterocycles. The van der Waals surface area contributed by atoms with Crippen molar-refractivity contribution in [3.8, 4) is 0 Å². The van der Waals surface area contributed by atoms with E-state index < -0.39 is 0 Å². The molecule has 0 radical (unpaired) electrons. The summed E-state index contributed by atoms with van der Waals surface area (Å²) < 4.78 is 0. The van der Waals surface area contributed by atoms with Gasteiger partial charge in [-0.05, 0) is 47.7 Å². The monoisotopic (exact) mass is 347 g/mol. The van der Waals surface area contributed by atoms with Crippen LogP contribution in [0.25, 0.3) is 0 Å². The van der Waals surface area contributed by atoms with E-state index in [1.54, 1.807) is 18.2 Å². The summed E-state index contributed by atoms with van der Waals surface area (Å²) in [6.45, 7) is 4.90. The molecular formula is C19H19Cl2NO. The largest absolute Gasteiger partial charge is 0.331 e. The Labute approximate surface area is 147 Å². The SMILES string of the molecule is CCc1cccc2c1CN(C(=O)Cc1c(Cl)cccc1Cl)C2C. The maximum atomic E-state index is 12.8. The predicted octanol–water partition coefficient (Wildman–Crippen LogP) is 5.20. The first kappa shape index (κ1) is 16.4. The van der Waals surface area contributed by atoms with E-state index in [4.69, 9.17) is 23.2 Å². The first-order valence-corrected chi connectivity index (χ1v) is 8.61. The number of aryl methyl sites for hydroxylation is 1. The summed E-state index contributed by atoms with van der Waals surface area (Å²) >= 11 is 12.4. The number of rotatable bonds is 3. The number of hydrogen-bond donors (Lipinski definition) is 0. The van der Waals surface area contributed by atoms with Crippen LogP contribution in [-0.2, 0) is 24.2 Å². The Morgan fingerprint density at radius 1 is 1.17 bits per heavy atom. The van der Waals surface area contributed by atoms with Crippen molar-refractivity contribution in [2.24, 2.45) is 0 Å². The van der Waals surface area contributed by atoms with E-state index in [1.165, 1.54) is 16.7 Å². The fourth-order valence-corrected chi connectivity index (χ4v) is 3.83. The number of hydrogen-bond acceptors (Lipinski definition) is 1. The van der Waals surface area contributed by atoms with Crippen molar-refractivity contribution >= 4 is 29.1 Å². The second-order valence-electron chi connectivity index (χ2n) is 5.91. The maximum Gasteiger partial charge on any atom is 0.227 e. The number of halogens is 2. The van der Waals surface area contributed by atoms with Crippen molar-refractivity contribution < 1.29 is 4.79 Å². The van der Waals surface area contributed by atoms with Gasteiger partial charge in [-0.3, -0.25) is 4.79 Å². The average molecular weight is 348 g/mol. The number of benzene rings is 2. The first-order chi connectivity index (χ1) is 11.0. The number of carbonyl (C=O) groups excluding carboxylic acids is 1. The van der Waals surface area contributed by atoms with Crippen molar-refractivity contribution in [3.63, 3.8) is 0 Å². The van der Waals surface area contributed by atoms with Crippen molar-refractivity contribution in [1.82, 2.24) is 4.90 Å². The number of amides is 1. The van der Waals surface area contributed by atoms with Gasteiger partial charge in [0.15, 0.2) is 0 Å². The normalized spacial score (nSPS) is 16.5. The summed E-state index contributed by atoms with van der Waals surface area (Å²) in [5.74, 6) is 0.0609. The van der Waals surface area contributed by atoms with Gasteiger partial charge in [0, 0.05) is 16.6 Å². The van der Waals surface area contributed by atoms with Crippen LogP contribution in [0.15, 0.2) is 36.4 Å². The molecule has 1 aliphatic rings. The second-order valence-corrected chi connectivity index (χ2v) is 6.73. The van der Waals surface area contributed by atoms with E-state index in [0.717, 1.165) is 6.42 Å². The van der Waals surface area contributed by atoms with Crippen molar-refractivity contribution in [1.29, 1.82) is 0 Å². The molecule has 0 bridgehead atoms. The van der Waals surface area contributed by atoms with Gasteiger partial charge in [-0.15, -0.1) is 0 Å². The summed E-state index contributed by atoms with van der Waals surface area (Å²) in [5, 5.41) is 1.09. The van der Waals surface area contributed by atoms with Gasteiger partial charge in [-0.2, -0.15) is 0 Å². The molecule has 1 unspecified atom stereocenters. The molecule has 120 valence electrons. The zero-order valence-electron chi connectivity index (χ0n) is 13.3. The summed E-state index contributed by atoms with van der Waals surface area (Å²) in [6.07, 6.45) is 1.21. The highest BCUT2D eigenvalue weighted by atomic mass is 35.5. The third kappa shape index (κ3) is 2.98. The van der Waals surface area contributed by atoms with Crippen LogP contribution in [0, 0.1) is 0 Å². The molecular weight excluding hydrogens is 329 g/mol. The summed E-state index contributed by atoms with van der Waals surface area (Å²) in [5.41, 5.74) is 4.57. The molecule has 2 aromatic carbocycles. The maximum absolute atomic E-state index is 12.8. The summed E-state index contributed by atoms with van der Waals surface area (Å²) in [4.78, 5) is 14.7. The first-order valence-electron chi connectivity index (χ1n) is 7.86. The third-order valence-electron chi connectivity index (χ3n) is 4.65. The molecule has 0 saturated heterocycles. The lowest BCUT2D eigenvalue weighted by molar-refractivity contribution is -0.132. The second kappa shape index (κ2) is 6.54. The standard InChI is InChI=1S/C19H19Cl2NO/c1-3-13-6-4-7-14-12(2)22(11-16(13)14)19(23)10-15-17(20)8-5-9-18(15)21/h4-9,12H,3,10-11H2,1-2H3. The van der Waals surface area contributed by atoms with Gasteiger partial charge in [0.1, 0.15) is 0 Å². The molecule has 4 heteroatoms. The quantitative estimate of drug-likeness (QED) is 0.746. The molecule has 0 N–H and O–H groups in total. The van der Waals surface area contributed by atoms with E-state index in [9.17, 15) is 4.79 Å². The molecule has 1 aliphatic heterocycles. The van der Waals surface area contributed by atoms with E-state index in [0.29, 0.717) is 22.2 Å². The van der Waals surface area contributed by atoms with Gasteiger partial charge in [-0.1, -0.05) is 54.4 Å². The average Bonchev–Trinajstić information content (AvgIpc) is 2.88. The van der Waals surface area contributed by atoms with Crippen LogP contribution in [0.2, 0.25) is 10.0 Å². The van der Waals surface area contributed by atoms with Crippen LogP contribution in [0.3, 0.4) is 0 Å². The van der Waals surface area contributed by atoms with Gasteiger partial charge in [0.25, 0.3) is 0 Å². The molecule has 1 amide bonds. The third-order valence-corrected chi connectivity index (χ3v) is 5.35. The minimum absolute atomic E-state index is 0.0609. The highest BCUT2D eigenvalue weighted by Crippen LogP contribution is 2.36. The van der Waals surface area contributed by atoms with Crippen LogP contribution in [-0.4, -0.2) is 10.8 Å². The molecule has 2 nitrogen and oxygen atoms in total. The molecule has 0 fully saturated rings. The molecule has 3 rings (SSSR count). The van der Waals surface area contributed by atoms with E-state index >= 15 is 0 Å². The lowest BCUT2D eigenvalue weighted by atomic mass is 9.99. The van der Waals surface area contributed by atoms with Gasteiger partial charge in [0.2, 0.25) is 5.91 Å². The van der Waals surface area contributed by atoms with Gasteiger partial charge in [-0.25, -0.2) is 0 Å². The minimum Gasteiger partial charge on any atom is -0.331 e. The fraction of sp³-hybridized carbons (Fsp3) is 0.316. The zero-order valence-corrected chi connectivity index (χ0v) is 14.8. The van der Waals surface area contributed by atoms with Crippen molar-refractivity contribution in [2.75, 3.05) is 0 Å². The lowest BCUT2D eigenvalue weighted by Gasteiger charge is -2.22. The Morgan fingerprint density at radius 2 is 1.83 bits per heavy atom. The van der Waals surface area contributed by atoms with Crippen LogP contribution in [0.1, 0.15) is 42.1 Å². The molecule has 23 heavy (non-hydrogen) atoms. The van der Waals surface area contributed by atoms with Crippen molar-refractivity contribution in [3.05, 3.63) is 68.7 Å². The molecule has 0 saturated carbocycles. The summed E-state index contributed by atoms with van der Waals surface area (Å²) in [7, 11) is 0. The van der Waals surface area contributed by atoms with Gasteiger partial charge >= 0.3 is 0 Å². The Balaban J connectivity index is 1.85. The Kier molecular flexibility index (Phi) is 4.65. The lowest BCUT2D eigenvalue weighted by Crippen LogP contribution is -2.29. The predicted molar refractivity (Wildman–Crippen MR) is 95.0 cm³/mol. The Bertz CT molecular complexity index is 737. The number of carbonyl (C=O) groups is 1. The van der Waals surface area contributed by atoms with E-state index in [2.05, 4.69) is 32.0 Å². The van der Waals surface area contributed by atoms with E-state index in [1.807, 2.05) is 4.90 Å². The molecule has 1 heterocycles. The minimum atomic E-state index is 0.0609. The van der Waals surface area contributed by atoms with Crippen LogP contribution >= 0.6 is 23.2 Å². The highest BCUT2D eigenvalue weighted by molar-refractivity contribution is 6.36. The Morgan fingerprint density at radius 3 is 2.48 bits per heavy atom. The molecule has 0 spiro atoms. The number of nitrogens with zero attached hydrogens (tertiary/aromatic N) is 1. The smallest absolute Gasteiger partial charge is 0.227 e. The summed E-state index contributed by atoms with van der Waals surface area (Å²) in [6, 6.07) is 11.8. The van der Waals surface area contributed by atoms with Crippen LogP contribution in [0.4, 0.5) is 0 Å². The Hall–Kier alpha value is -1.51.